The van der Waals surface area contributed by atoms with Crippen LogP contribution in [0.5, 0.6) is 0 Å². The number of carbonyl (C=O) groups excluding carboxylic acids is 3. The minimum atomic E-state index is -0.562. The zero-order valence-electron chi connectivity index (χ0n) is 9.36. The van der Waals surface area contributed by atoms with Gasteiger partial charge in [0.2, 0.25) is 11.8 Å². The van der Waals surface area contributed by atoms with Gasteiger partial charge in [0.1, 0.15) is 6.04 Å². The van der Waals surface area contributed by atoms with Crippen LogP contribution < -0.4 is 11.1 Å². The molecule has 3 amide bonds. The Morgan fingerprint density at radius 2 is 2.25 bits per heavy atom. The van der Waals surface area contributed by atoms with Gasteiger partial charge >= 0.3 is 0 Å². The lowest BCUT2D eigenvalue weighted by Gasteiger charge is -2.28. The molecular weight excluding hydrogens is 210 g/mol. The third kappa shape index (κ3) is 3.03. The molecule has 1 heterocycles. The van der Waals surface area contributed by atoms with Crippen LogP contribution in [0.25, 0.3) is 0 Å². The number of nitrogens with zero attached hydrogens (tertiary/aromatic N) is 1. The molecule has 0 aromatic carbocycles. The maximum atomic E-state index is 11.6. The zero-order chi connectivity index (χ0) is 12.1. The van der Waals surface area contributed by atoms with Crippen LogP contribution in [0.1, 0.15) is 25.7 Å². The molecule has 0 aromatic rings. The van der Waals surface area contributed by atoms with Gasteiger partial charge in [-0.2, -0.15) is 0 Å². The fraction of sp³-hybridized carbons (Fsp3) is 0.700. The van der Waals surface area contributed by atoms with Gasteiger partial charge in [-0.25, -0.2) is 0 Å². The molecule has 6 heteroatoms. The number of rotatable bonds is 4. The summed E-state index contributed by atoms with van der Waals surface area (Å²) in [5, 5.41) is 2.62. The second-order valence-corrected chi connectivity index (χ2v) is 3.84. The van der Waals surface area contributed by atoms with Gasteiger partial charge in [0, 0.05) is 19.9 Å². The molecule has 0 bridgehead atoms. The summed E-state index contributed by atoms with van der Waals surface area (Å²) >= 11 is 0. The van der Waals surface area contributed by atoms with Crippen molar-refractivity contribution >= 4 is 17.7 Å². The lowest BCUT2D eigenvalue weighted by Crippen LogP contribution is -2.52. The third-order valence-corrected chi connectivity index (χ3v) is 2.59. The van der Waals surface area contributed by atoms with Crippen molar-refractivity contribution in [3.05, 3.63) is 0 Å². The van der Waals surface area contributed by atoms with E-state index in [-0.39, 0.29) is 17.7 Å². The highest BCUT2D eigenvalue weighted by Crippen LogP contribution is 2.11. The number of hydrogen-bond acceptors (Lipinski definition) is 4. The first-order valence-corrected chi connectivity index (χ1v) is 5.36. The van der Waals surface area contributed by atoms with Crippen LogP contribution in [-0.4, -0.2) is 42.3 Å². The average Bonchev–Trinajstić information content (AvgIpc) is 2.27. The lowest BCUT2D eigenvalue weighted by molar-refractivity contribution is -0.149. The van der Waals surface area contributed by atoms with Gasteiger partial charge in [0.05, 0.1) is 0 Å². The van der Waals surface area contributed by atoms with Crippen LogP contribution in [0, 0.1) is 0 Å². The van der Waals surface area contributed by atoms with E-state index in [1.54, 1.807) is 0 Å². The SMILES string of the molecule is CN1C(=O)CCC(NC(=O)CCCN)C1=O. The van der Waals surface area contributed by atoms with Crippen LogP contribution in [-0.2, 0) is 14.4 Å². The summed E-state index contributed by atoms with van der Waals surface area (Å²) in [6, 6.07) is -0.562. The molecule has 0 aliphatic carbocycles. The molecule has 0 saturated carbocycles. The van der Waals surface area contributed by atoms with Crippen molar-refractivity contribution in [1.82, 2.24) is 10.2 Å². The number of piperidine rings is 1. The fourth-order valence-corrected chi connectivity index (χ4v) is 1.58. The Kier molecular flexibility index (Phi) is 4.42. The number of imide groups is 1. The van der Waals surface area contributed by atoms with E-state index in [0.29, 0.717) is 32.2 Å². The monoisotopic (exact) mass is 227 g/mol. The van der Waals surface area contributed by atoms with Gasteiger partial charge in [-0.15, -0.1) is 0 Å². The van der Waals surface area contributed by atoms with Gasteiger partial charge in [0.15, 0.2) is 0 Å². The smallest absolute Gasteiger partial charge is 0.251 e. The number of hydrogen-bond donors (Lipinski definition) is 2. The number of likely N-dealkylation sites (tertiary alicyclic amines) is 1. The molecule has 0 spiro atoms. The van der Waals surface area contributed by atoms with Gasteiger partial charge in [0.25, 0.3) is 5.91 Å². The first-order valence-electron chi connectivity index (χ1n) is 5.36. The number of carbonyl (C=O) groups is 3. The number of likely N-dealkylation sites (N-methyl/N-ethyl adjacent to an activating group) is 1. The molecule has 1 rings (SSSR count). The predicted octanol–water partition coefficient (Wildman–Crippen LogP) is -1.01. The maximum Gasteiger partial charge on any atom is 0.251 e. The summed E-state index contributed by atoms with van der Waals surface area (Å²) in [5.41, 5.74) is 5.28. The number of nitrogens with one attached hydrogen (secondary N) is 1. The summed E-state index contributed by atoms with van der Waals surface area (Å²) in [5.74, 6) is -0.721. The van der Waals surface area contributed by atoms with Gasteiger partial charge < -0.3 is 11.1 Å². The van der Waals surface area contributed by atoms with Gasteiger partial charge in [-0.3, -0.25) is 19.3 Å². The molecule has 1 fully saturated rings. The van der Waals surface area contributed by atoms with Crippen LogP contribution >= 0.6 is 0 Å². The Hall–Kier alpha value is -1.43. The van der Waals surface area contributed by atoms with Crippen LogP contribution in [0.3, 0.4) is 0 Å². The van der Waals surface area contributed by atoms with Crippen molar-refractivity contribution in [3.63, 3.8) is 0 Å². The number of nitrogens with two attached hydrogens (primary N) is 1. The van der Waals surface area contributed by atoms with E-state index in [1.165, 1.54) is 7.05 Å². The second-order valence-electron chi connectivity index (χ2n) is 3.84. The normalized spacial score (nSPS) is 21.1. The topological polar surface area (TPSA) is 92.5 Å². The summed E-state index contributed by atoms with van der Waals surface area (Å²) in [4.78, 5) is 35.2. The van der Waals surface area contributed by atoms with E-state index in [4.69, 9.17) is 5.73 Å². The van der Waals surface area contributed by atoms with Gasteiger partial charge in [-0.05, 0) is 19.4 Å². The largest absolute Gasteiger partial charge is 0.344 e. The quantitative estimate of drug-likeness (QED) is 0.602. The standard InChI is InChI=1S/C10H17N3O3/c1-13-9(15)5-4-7(10(13)16)12-8(14)3-2-6-11/h7H,2-6,11H2,1H3,(H,12,14). The summed E-state index contributed by atoms with van der Waals surface area (Å²) < 4.78 is 0. The lowest BCUT2D eigenvalue weighted by atomic mass is 10.0. The predicted molar refractivity (Wildman–Crippen MR) is 57.2 cm³/mol. The van der Waals surface area contributed by atoms with E-state index >= 15 is 0 Å². The first kappa shape index (κ1) is 12.6. The van der Waals surface area contributed by atoms with Crippen LogP contribution in [0.4, 0.5) is 0 Å². The van der Waals surface area contributed by atoms with E-state index in [2.05, 4.69) is 5.32 Å². The fourth-order valence-electron chi connectivity index (χ4n) is 1.58. The van der Waals surface area contributed by atoms with Crippen molar-refractivity contribution in [1.29, 1.82) is 0 Å². The van der Waals surface area contributed by atoms with E-state index in [0.717, 1.165) is 4.90 Å². The molecule has 1 aliphatic heterocycles. The number of amides is 3. The van der Waals surface area contributed by atoms with Crippen LogP contribution in [0.15, 0.2) is 0 Å². The molecule has 16 heavy (non-hydrogen) atoms. The summed E-state index contributed by atoms with van der Waals surface area (Å²) in [7, 11) is 1.43. The molecular formula is C10H17N3O3. The minimum Gasteiger partial charge on any atom is -0.344 e. The van der Waals surface area contributed by atoms with Crippen molar-refractivity contribution in [2.45, 2.75) is 31.7 Å². The van der Waals surface area contributed by atoms with Crippen LogP contribution in [0.2, 0.25) is 0 Å². The molecule has 1 unspecified atom stereocenters. The molecule has 90 valence electrons. The molecule has 0 radical (unpaired) electrons. The molecule has 1 aliphatic rings. The molecule has 0 aromatic heterocycles. The van der Waals surface area contributed by atoms with Gasteiger partial charge in [-0.1, -0.05) is 0 Å². The van der Waals surface area contributed by atoms with E-state index in [9.17, 15) is 14.4 Å². The van der Waals surface area contributed by atoms with Crippen molar-refractivity contribution in [2.75, 3.05) is 13.6 Å². The highest BCUT2D eigenvalue weighted by atomic mass is 16.2. The minimum absolute atomic E-state index is 0.188. The third-order valence-electron chi connectivity index (χ3n) is 2.59. The highest BCUT2D eigenvalue weighted by Gasteiger charge is 2.32. The second kappa shape index (κ2) is 5.60. The Morgan fingerprint density at radius 1 is 1.56 bits per heavy atom. The molecule has 6 nitrogen and oxygen atoms in total. The van der Waals surface area contributed by atoms with Crippen molar-refractivity contribution in [2.24, 2.45) is 5.73 Å². The Balaban J connectivity index is 2.46. The van der Waals surface area contributed by atoms with E-state index in [1.807, 2.05) is 0 Å². The van der Waals surface area contributed by atoms with Crippen molar-refractivity contribution in [3.8, 4) is 0 Å². The Labute approximate surface area is 94.2 Å². The zero-order valence-corrected chi connectivity index (χ0v) is 9.36. The maximum absolute atomic E-state index is 11.6. The Morgan fingerprint density at radius 3 is 2.88 bits per heavy atom. The van der Waals surface area contributed by atoms with Crippen molar-refractivity contribution < 1.29 is 14.4 Å². The van der Waals surface area contributed by atoms with E-state index < -0.39 is 6.04 Å². The average molecular weight is 227 g/mol. The molecule has 1 saturated heterocycles. The highest BCUT2D eigenvalue weighted by molar-refractivity contribution is 6.01. The molecule has 3 N–H and O–H groups in total. The summed E-state index contributed by atoms with van der Waals surface area (Å²) in [6.07, 6.45) is 1.60. The Bertz CT molecular complexity index is 304. The first-order chi connectivity index (χ1) is 7.56. The molecule has 1 atom stereocenters. The summed E-state index contributed by atoms with van der Waals surface area (Å²) in [6.45, 7) is 0.449.